The Bertz CT molecular complexity index is 204. The minimum atomic E-state index is -0.416. The summed E-state index contributed by atoms with van der Waals surface area (Å²) in [6.07, 6.45) is 3.61. The second kappa shape index (κ2) is 5.68. The van der Waals surface area contributed by atoms with Crippen molar-refractivity contribution in [3.05, 3.63) is 12.2 Å². The average molecular weight is 199 g/mol. The number of likely N-dealkylation sites (N-methyl/N-ethyl adjacent to an activating group) is 1. The van der Waals surface area contributed by atoms with E-state index in [-0.39, 0.29) is 6.09 Å². The lowest BCUT2D eigenvalue weighted by Gasteiger charge is -2.25. The van der Waals surface area contributed by atoms with Gasteiger partial charge in [-0.1, -0.05) is 12.2 Å². The Hall–Kier alpha value is -0.990. The van der Waals surface area contributed by atoms with E-state index in [0.29, 0.717) is 13.1 Å². The fraction of sp³-hybridized carbons (Fsp3) is 0.727. The zero-order chi connectivity index (χ0) is 11.2. The van der Waals surface area contributed by atoms with Crippen molar-refractivity contribution in [2.24, 2.45) is 0 Å². The standard InChI is InChI=1S/C11H21NO2/c1-6-8-9-12(7-2)10(13)14-11(3,4)5/h6,8H,7,9H2,1-5H3. The molecule has 0 aromatic heterocycles. The topological polar surface area (TPSA) is 29.5 Å². The van der Waals surface area contributed by atoms with Crippen molar-refractivity contribution in [2.45, 2.75) is 40.2 Å². The number of carbonyl (C=O) groups excluding carboxylic acids is 1. The maximum Gasteiger partial charge on any atom is 0.410 e. The lowest BCUT2D eigenvalue weighted by molar-refractivity contribution is 0.0281. The van der Waals surface area contributed by atoms with Gasteiger partial charge in [-0.05, 0) is 34.6 Å². The fourth-order valence-corrected chi connectivity index (χ4v) is 0.892. The van der Waals surface area contributed by atoms with Crippen LogP contribution in [0.5, 0.6) is 0 Å². The molecule has 0 spiro atoms. The van der Waals surface area contributed by atoms with Gasteiger partial charge in [-0.25, -0.2) is 4.79 Å². The van der Waals surface area contributed by atoms with E-state index in [1.165, 1.54) is 0 Å². The summed E-state index contributed by atoms with van der Waals surface area (Å²) in [5.74, 6) is 0. The Morgan fingerprint density at radius 3 is 2.36 bits per heavy atom. The molecule has 0 aromatic rings. The number of hydrogen-bond acceptors (Lipinski definition) is 2. The second-order valence-electron chi connectivity index (χ2n) is 4.09. The molecule has 3 nitrogen and oxygen atoms in total. The summed E-state index contributed by atoms with van der Waals surface area (Å²) in [6.45, 7) is 10.8. The van der Waals surface area contributed by atoms with Crippen LogP contribution in [0.25, 0.3) is 0 Å². The van der Waals surface area contributed by atoms with Crippen LogP contribution >= 0.6 is 0 Å². The molecule has 0 aliphatic heterocycles. The summed E-state index contributed by atoms with van der Waals surface area (Å²) in [5, 5.41) is 0. The van der Waals surface area contributed by atoms with Crippen molar-refractivity contribution in [1.82, 2.24) is 4.90 Å². The minimum absolute atomic E-state index is 0.252. The van der Waals surface area contributed by atoms with E-state index >= 15 is 0 Å². The molecule has 3 heteroatoms. The van der Waals surface area contributed by atoms with Gasteiger partial charge in [0.05, 0.1) is 0 Å². The third-order valence-corrected chi connectivity index (χ3v) is 1.59. The molecule has 0 heterocycles. The number of rotatable bonds is 3. The zero-order valence-corrected chi connectivity index (χ0v) is 9.83. The lowest BCUT2D eigenvalue weighted by Crippen LogP contribution is -2.36. The van der Waals surface area contributed by atoms with E-state index in [0.717, 1.165) is 0 Å². The quantitative estimate of drug-likeness (QED) is 0.654. The summed E-state index contributed by atoms with van der Waals surface area (Å²) in [4.78, 5) is 13.2. The van der Waals surface area contributed by atoms with E-state index in [9.17, 15) is 4.79 Å². The first kappa shape index (κ1) is 13.0. The van der Waals surface area contributed by atoms with E-state index in [1.54, 1.807) is 4.90 Å². The van der Waals surface area contributed by atoms with E-state index in [2.05, 4.69) is 0 Å². The summed E-state index contributed by atoms with van der Waals surface area (Å²) in [6, 6.07) is 0. The largest absolute Gasteiger partial charge is 0.444 e. The van der Waals surface area contributed by atoms with Crippen LogP contribution < -0.4 is 0 Å². The molecule has 14 heavy (non-hydrogen) atoms. The molecule has 0 aliphatic carbocycles. The van der Waals surface area contributed by atoms with Gasteiger partial charge in [0, 0.05) is 13.1 Å². The van der Waals surface area contributed by atoms with Crippen LogP contribution in [0.15, 0.2) is 12.2 Å². The highest BCUT2D eigenvalue weighted by atomic mass is 16.6. The maximum absolute atomic E-state index is 11.6. The van der Waals surface area contributed by atoms with Crippen molar-refractivity contribution < 1.29 is 9.53 Å². The zero-order valence-electron chi connectivity index (χ0n) is 9.83. The van der Waals surface area contributed by atoms with Crippen LogP contribution in [-0.4, -0.2) is 29.7 Å². The second-order valence-corrected chi connectivity index (χ2v) is 4.09. The predicted octanol–water partition coefficient (Wildman–Crippen LogP) is 2.82. The van der Waals surface area contributed by atoms with Gasteiger partial charge in [-0.2, -0.15) is 0 Å². The van der Waals surface area contributed by atoms with Crippen LogP contribution in [0.1, 0.15) is 34.6 Å². The third-order valence-electron chi connectivity index (χ3n) is 1.59. The first-order chi connectivity index (χ1) is 6.40. The van der Waals surface area contributed by atoms with Crippen LogP contribution in [0.4, 0.5) is 4.79 Å². The smallest absolute Gasteiger partial charge is 0.410 e. The molecule has 0 saturated heterocycles. The Morgan fingerprint density at radius 1 is 1.43 bits per heavy atom. The molecule has 0 rings (SSSR count). The Kier molecular flexibility index (Phi) is 5.28. The van der Waals surface area contributed by atoms with Gasteiger partial charge in [0.15, 0.2) is 0 Å². The van der Waals surface area contributed by atoms with Gasteiger partial charge in [0.1, 0.15) is 5.60 Å². The van der Waals surface area contributed by atoms with Crippen molar-refractivity contribution in [1.29, 1.82) is 0 Å². The highest BCUT2D eigenvalue weighted by molar-refractivity contribution is 5.68. The average Bonchev–Trinajstić information content (AvgIpc) is 2.02. The number of nitrogens with zero attached hydrogens (tertiary/aromatic N) is 1. The van der Waals surface area contributed by atoms with Crippen molar-refractivity contribution >= 4 is 6.09 Å². The maximum atomic E-state index is 11.6. The molecule has 0 saturated carbocycles. The summed E-state index contributed by atoms with van der Waals surface area (Å²) >= 11 is 0. The predicted molar refractivity (Wildman–Crippen MR) is 58.3 cm³/mol. The van der Waals surface area contributed by atoms with Crippen LogP contribution in [0.2, 0.25) is 0 Å². The molecule has 0 radical (unpaired) electrons. The minimum Gasteiger partial charge on any atom is -0.444 e. The van der Waals surface area contributed by atoms with Gasteiger partial charge in [0.25, 0.3) is 0 Å². The van der Waals surface area contributed by atoms with Gasteiger partial charge in [0.2, 0.25) is 0 Å². The highest BCUT2D eigenvalue weighted by Crippen LogP contribution is 2.09. The molecule has 0 aliphatic rings. The first-order valence-corrected chi connectivity index (χ1v) is 4.99. The van der Waals surface area contributed by atoms with E-state index < -0.39 is 5.60 Å². The first-order valence-electron chi connectivity index (χ1n) is 4.99. The lowest BCUT2D eigenvalue weighted by atomic mass is 10.2. The number of amides is 1. The highest BCUT2D eigenvalue weighted by Gasteiger charge is 2.19. The number of hydrogen-bond donors (Lipinski definition) is 0. The van der Waals surface area contributed by atoms with Gasteiger partial charge in [-0.3, -0.25) is 0 Å². The van der Waals surface area contributed by atoms with Crippen LogP contribution in [0.3, 0.4) is 0 Å². The Balaban J connectivity index is 4.18. The summed E-state index contributed by atoms with van der Waals surface area (Å²) in [7, 11) is 0. The van der Waals surface area contributed by atoms with E-state index in [1.807, 2.05) is 46.8 Å². The molecule has 0 aromatic carbocycles. The molecular weight excluding hydrogens is 178 g/mol. The van der Waals surface area contributed by atoms with Gasteiger partial charge >= 0.3 is 6.09 Å². The molecule has 0 N–H and O–H groups in total. The molecule has 0 bridgehead atoms. The normalized spacial score (nSPS) is 11.8. The third kappa shape index (κ3) is 5.62. The fourth-order valence-electron chi connectivity index (χ4n) is 0.892. The van der Waals surface area contributed by atoms with Crippen LogP contribution in [-0.2, 0) is 4.74 Å². The number of carbonyl (C=O) groups is 1. The molecular formula is C11H21NO2. The van der Waals surface area contributed by atoms with E-state index in [4.69, 9.17) is 4.74 Å². The Labute approximate surface area is 86.7 Å². The number of allylic oxidation sites excluding steroid dienone is 1. The van der Waals surface area contributed by atoms with Crippen LogP contribution in [0, 0.1) is 0 Å². The molecule has 0 fully saturated rings. The number of ether oxygens (including phenoxy) is 1. The van der Waals surface area contributed by atoms with Crippen molar-refractivity contribution in [3.63, 3.8) is 0 Å². The SMILES string of the molecule is CC=CCN(CC)C(=O)OC(C)(C)C. The van der Waals surface area contributed by atoms with Crippen molar-refractivity contribution in [2.75, 3.05) is 13.1 Å². The van der Waals surface area contributed by atoms with Gasteiger partial charge < -0.3 is 9.64 Å². The molecule has 0 atom stereocenters. The Morgan fingerprint density at radius 2 is 2.00 bits per heavy atom. The summed E-state index contributed by atoms with van der Waals surface area (Å²) in [5.41, 5.74) is -0.416. The molecule has 0 unspecified atom stereocenters. The summed E-state index contributed by atoms with van der Waals surface area (Å²) < 4.78 is 5.24. The molecule has 82 valence electrons. The van der Waals surface area contributed by atoms with Crippen molar-refractivity contribution in [3.8, 4) is 0 Å². The molecule has 1 amide bonds. The van der Waals surface area contributed by atoms with Gasteiger partial charge in [-0.15, -0.1) is 0 Å². The monoisotopic (exact) mass is 199 g/mol.